The van der Waals surface area contributed by atoms with Crippen molar-refractivity contribution in [2.24, 2.45) is 0 Å². The highest BCUT2D eigenvalue weighted by Gasteiger charge is 2.10. The Bertz CT molecular complexity index is 919. The lowest BCUT2D eigenvalue weighted by Crippen LogP contribution is -2.14. The highest BCUT2D eigenvalue weighted by atomic mass is 35.5. The van der Waals surface area contributed by atoms with E-state index in [0.717, 1.165) is 0 Å². The second-order valence-corrected chi connectivity index (χ2v) is 5.79. The first-order valence-electron chi connectivity index (χ1n) is 7.13. The number of hydrogen-bond donors (Lipinski definition) is 2. The summed E-state index contributed by atoms with van der Waals surface area (Å²) < 4.78 is 13.1. The molecule has 126 valence electrons. The lowest BCUT2D eigenvalue weighted by molar-refractivity contribution is 0.102. The minimum Gasteiger partial charge on any atom is -0.338 e. The maximum atomic E-state index is 13.1. The van der Waals surface area contributed by atoms with Gasteiger partial charge in [0.1, 0.15) is 17.3 Å². The highest BCUT2D eigenvalue weighted by Crippen LogP contribution is 2.23. The van der Waals surface area contributed by atoms with Crippen LogP contribution in [-0.2, 0) is 0 Å². The molecule has 0 atom stereocenters. The molecule has 0 aliphatic heterocycles. The van der Waals surface area contributed by atoms with Crippen molar-refractivity contribution in [3.8, 4) is 0 Å². The molecule has 0 bridgehead atoms. The topological polar surface area (TPSA) is 66.9 Å². The van der Waals surface area contributed by atoms with E-state index >= 15 is 0 Å². The summed E-state index contributed by atoms with van der Waals surface area (Å²) in [5.74, 6) is -0.608. The fourth-order valence-corrected chi connectivity index (χ4v) is 2.34. The van der Waals surface area contributed by atoms with E-state index in [4.69, 9.17) is 23.2 Å². The third-order valence-corrected chi connectivity index (χ3v) is 3.82. The molecule has 0 aliphatic carbocycles. The Labute approximate surface area is 152 Å². The molecule has 1 aromatic heterocycles. The monoisotopic (exact) mass is 376 g/mol. The number of hydrogen-bond acceptors (Lipinski definition) is 4. The number of halogens is 3. The second kappa shape index (κ2) is 7.46. The number of nitrogens with zero attached hydrogens (tertiary/aromatic N) is 2. The first kappa shape index (κ1) is 17.1. The van der Waals surface area contributed by atoms with Gasteiger partial charge in [-0.3, -0.25) is 4.79 Å². The molecule has 0 spiro atoms. The van der Waals surface area contributed by atoms with Crippen LogP contribution in [0, 0.1) is 5.82 Å². The standard InChI is InChI=1S/C17H11Cl2FN4O/c18-11-3-1-2-4-14(11)24-16-9-21-15(8-22-16)17(25)23-10-5-6-13(20)12(19)7-10/h1-9H,(H,22,24)(H,23,25). The van der Waals surface area contributed by atoms with E-state index in [2.05, 4.69) is 20.6 Å². The second-order valence-electron chi connectivity index (χ2n) is 4.97. The first-order valence-corrected chi connectivity index (χ1v) is 7.88. The summed E-state index contributed by atoms with van der Waals surface area (Å²) in [5.41, 5.74) is 1.14. The number of rotatable bonds is 4. The lowest BCUT2D eigenvalue weighted by atomic mass is 10.3. The molecule has 3 aromatic rings. The van der Waals surface area contributed by atoms with Gasteiger partial charge in [-0.2, -0.15) is 0 Å². The summed E-state index contributed by atoms with van der Waals surface area (Å²) in [6.45, 7) is 0. The minimum absolute atomic E-state index is 0.0804. The van der Waals surface area contributed by atoms with Crippen LogP contribution in [0.1, 0.15) is 10.5 Å². The molecule has 8 heteroatoms. The molecule has 3 rings (SSSR count). The van der Waals surface area contributed by atoms with Crippen LogP contribution in [0.25, 0.3) is 0 Å². The SMILES string of the molecule is O=C(Nc1ccc(F)c(Cl)c1)c1cnc(Nc2ccccc2Cl)cn1. The maximum Gasteiger partial charge on any atom is 0.275 e. The Morgan fingerprint density at radius 3 is 2.48 bits per heavy atom. The lowest BCUT2D eigenvalue weighted by Gasteiger charge is -2.08. The van der Waals surface area contributed by atoms with Gasteiger partial charge in [-0.1, -0.05) is 35.3 Å². The van der Waals surface area contributed by atoms with Gasteiger partial charge in [-0.05, 0) is 30.3 Å². The molecule has 0 saturated carbocycles. The van der Waals surface area contributed by atoms with E-state index < -0.39 is 11.7 Å². The smallest absolute Gasteiger partial charge is 0.275 e. The molecule has 1 amide bonds. The van der Waals surface area contributed by atoms with Gasteiger partial charge in [0.15, 0.2) is 0 Å². The van der Waals surface area contributed by atoms with Crippen molar-refractivity contribution in [2.75, 3.05) is 10.6 Å². The molecular weight excluding hydrogens is 366 g/mol. The van der Waals surface area contributed by atoms with E-state index in [-0.39, 0.29) is 10.7 Å². The van der Waals surface area contributed by atoms with Gasteiger partial charge < -0.3 is 10.6 Å². The quantitative estimate of drug-likeness (QED) is 0.678. The summed E-state index contributed by atoms with van der Waals surface area (Å²) in [5, 5.41) is 6.04. The predicted molar refractivity (Wildman–Crippen MR) is 96.1 cm³/mol. The minimum atomic E-state index is -0.561. The number of aromatic nitrogens is 2. The van der Waals surface area contributed by atoms with Gasteiger partial charge in [-0.15, -0.1) is 0 Å². The number of benzene rings is 2. The highest BCUT2D eigenvalue weighted by molar-refractivity contribution is 6.33. The number of nitrogens with one attached hydrogen (secondary N) is 2. The summed E-state index contributed by atoms with van der Waals surface area (Å²) in [7, 11) is 0. The average molecular weight is 377 g/mol. The third-order valence-electron chi connectivity index (χ3n) is 3.20. The predicted octanol–water partition coefficient (Wildman–Crippen LogP) is 4.92. The molecule has 25 heavy (non-hydrogen) atoms. The zero-order chi connectivity index (χ0) is 17.8. The maximum absolute atomic E-state index is 13.1. The van der Waals surface area contributed by atoms with Gasteiger partial charge in [0.2, 0.25) is 0 Å². The zero-order valence-corrected chi connectivity index (χ0v) is 14.1. The van der Waals surface area contributed by atoms with Gasteiger partial charge in [0, 0.05) is 5.69 Å². The normalized spacial score (nSPS) is 10.4. The number of carbonyl (C=O) groups is 1. The number of para-hydroxylation sites is 1. The Morgan fingerprint density at radius 1 is 1.00 bits per heavy atom. The van der Waals surface area contributed by atoms with Crippen LogP contribution in [-0.4, -0.2) is 15.9 Å². The van der Waals surface area contributed by atoms with E-state index in [9.17, 15) is 9.18 Å². The van der Waals surface area contributed by atoms with Crippen LogP contribution in [0.2, 0.25) is 10.0 Å². The Hall–Kier alpha value is -2.70. The largest absolute Gasteiger partial charge is 0.338 e. The number of anilines is 3. The van der Waals surface area contributed by atoms with Crippen LogP contribution in [0.3, 0.4) is 0 Å². The summed E-state index contributed by atoms with van der Waals surface area (Å²) >= 11 is 11.7. The van der Waals surface area contributed by atoms with Crippen LogP contribution >= 0.6 is 23.2 Å². The van der Waals surface area contributed by atoms with Crippen LogP contribution in [0.4, 0.5) is 21.6 Å². The van der Waals surface area contributed by atoms with E-state index in [0.29, 0.717) is 22.2 Å². The molecule has 0 fully saturated rings. The molecule has 2 N–H and O–H groups in total. The summed E-state index contributed by atoms with van der Waals surface area (Å²) in [4.78, 5) is 20.3. The molecule has 0 unspecified atom stereocenters. The zero-order valence-electron chi connectivity index (χ0n) is 12.6. The van der Waals surface area contributed by atoms with Crippen molar-refractivity contribution in [1.82, 2.24) is 9.97 Å². The van der Waals surface area contributed by atoms with Gasteiger partial charge in [0.05, 0.1) is 28.1 Å². The first-order chi connectivity index (χ1) is 12.0. The van der Waals surface area contributed by atoms with Crippen molar-refractivity contribution in [2.45, 2.75) is 0 Å². The molecule has 0 saturated heterocycles. The van der Waals surface area contributed by atoms with Crippen LogP contribution in [0.15, 0.2) is 54.9 Å². The Kier molecular flexibility index (Phi) is 5.11. The van der Waals surface area contributed by atoms with Crippen LogP contribution < -0.4 is 10.6 Å². The Morgan fingerprint density at radius 2 is 1.80 bits per heavy atom. The van der Waals surface area contributed by atoms with Crippen molar-refractivity contribution < 1.29 is 9.18 Å². The molecule has 0 radical (unpaired) electrons. The molecule has 5 nitrogen and oxygen atoms in total. The van der Waals surface area contributed by atoms with Crippen molar-refractivity contribution in [3.63, 3.8) is 0 Å². The fourth-order valence-electron chi connectivity index (χ4n) is 1.98. The summed E-state index contributed by atoms with van der Waals surface area (Å²) in [6.07, 6.45) is 2.73. The number of carbonyl (C=O) groups excluding carboxylic acids is 1. The van der Waals surface area contributed by atoms with Gasteiger partial charge >= 0.3 is 0 Å². The van der Waals surface area contributed by atoms with E-state index in [1.165, 1.54) is 30.6 Å². The molecule has 1 heterocycles. The third kappa shape index (κ3) is 4.23. The molecule has 2 aromatic carbocycles. The van der Waals surface area contributed by atoms with Crippen molar-refractivity contribution >= 4 is 46.3 Å². The number of amides is 1. The average Bonchev–Trinajstić information content (AvgIpc) is 2.61. The van der Waals surface area contributed by atoms with E-state index in [1.807, 2.05) is 12.1 Å². The van der Waals surface area contributed by atoms with Gasteiger partial charge in [-0.25, -0.2) is 14.4 Å². The van der Waals surface area contributed by atoms with Gasteiger partial charge in [0.25, 0.3) is 5.91 Å². The summed E-state index contributed by atoms with van der Waals surface area (Å²) in [6, 6.07) is 11.1. The fraction of sp³-hybridized carbons (Fsp3) is 0. The Balaban J connectivity index is 1.70. The van der Waals surface area contributed by atoms with Crippen LogP contribution in [0.5, 0.6) is 0 Å². The van der Waals surface area contributed by atoms with E-state index in [1.54, 1.807) is 12.1 Å². The van der Waals surface area contributed by atoms with Crippen molar-refractivity contribution in [1.29, 1.82) is 0 Å². The molecular formula is C17H11Cl2FN4O. The molecule has 0 aliphatic rings. The van der Waals surface area contributed by atoms with Crippen molar-refractivity contribution in [3.05, 3.63) is 76.4 Å².